The number of nitrogens with one attached hydrogen (secondary N) is 2. The van der Waals surface area contributed by atoms with Crippen LogP contribution in [-0.2, 0) is 13.0 Å². The summed E-state index contributed by atoms with van der Waals surface area (Å²) < 4.78 is 0. The summed E-state index contributed by atoms with van der Waals surface area (Å²) in [5.74, 6) is 1.51. The van der Waals surface area contributed by atoms with Gasteiger partial charge in [-0.3, -0.25) is 5.10 Å². The Balaban J connectivity index is 2.04. The first-order valence-corrected chi connectivity index (χ1v) is 5.91. The van der Waals surface area contributed by atoms with Crippen molar-refractivity contribution in [3.63, 3.8) is 0 Å². The third kappa shape index (κ3) is 3.42. The molecule has 0 fully saturated rings. The van der Waals surface area contributed by atoms with E-state index < -0.39 is 0 Å². The van der Waals surface area contributed by atoms with E-state index in [1.807, 2.05) is 6.07 Å². The van der Waals surface area contributed by atoms with Gasteiger partial charge in [0.25, 0.3) is 0 Å². The van der Waals surface area contributed by atoms with Crippen molar-refractivity contribution in [1.29, 1.82) is 0 Å². The highest BCUT2D eigenvalue weighted by Crippen LogP contribution is 2.13. The van der Waals surface area contributed by atoms with Crippen molar-refractivity contribution in [3.05, 3.63) is 35.0 Å². The molecular formula is C11H14ClN5. The van der Waals surface area contributed by atoms with Crippen LogP contribution in [0, 0.1) is 0 Å². The predicted molar refractivity (Wildman–Crippen MR) is 67.0 cm³/mol. The van der Waals surface area contributed by atoms with Crippen LogP contribution in [0.15, 0.2) is 18.3 Å². The van der Waals surface area contributed by atoms with Gasteiger partial charge in [-0.05, 0) is 12.5 Å². The second-order valence-electron chi connectivity index (χ2n) is 3.68. The van der Waals surface area contributed by atoms with Crippen molar-refractivity contribution in [2.45, 2.75) is 26.3 Å². The van der Waals surface area contributed by atoms with Gasteiger partial charge in [-0.15, -0.1) is 0 Å². The number of H-pyrrole nitrogens is 1. The van der Waals surface area contributed by atoms with Crippen molar-refractivity contribution in [1.82, 2.24) is 20.2 Å². The molecular weight excluding hydrogens is 238 g/mol. The topological polar surface area (TPSA) is 66.5 Å². The van der Waals surface area contributed by atoms with Crippen molar-refractivity contribution in [3.8, 4) is 0 Å². The number of rotatable bonds is 5. The van der Waals surface area contributed by atoms with Crippen molar-refractivity contribution >= 4 is 17.4 Å². The Morgan fingerprint density at radius 1 is 1.41 bits per heavy atom. The zero-order valence-electron chi connectivity index (χ0n) is 9.57. The Hall–Kier alpha value is -1.62. The summed E-state index contributed by atoms with van der Waals surface area (Å²) in [6.45, 7) is 2.72. The van der Waals surface area contributed by atoms with Crippen LogP contribution in [0.3, 0.4) is 0 Å². The van der Waals surface area contributed by atoms with Gasteiger partial charge in [0.05, 0.1) is 12.2 Å². The molecule has 90 valence electrons. The summed E-state index contributed by atoms with van der Waals surface area (Å²) in [4.78, 5) is 8.54. The van der Waals surface area contributed by atoms with E-state index in [2.05, 4.69) is 32.4 Å². The van der Waals surface area contributed by atoms with E-state index in [0.717, 1.165) is 30.2 Å². The molecule has 2 aromatic rings. The molecule has 2 aromatic heterocycles. The molecule has 0 unspecified atom stereocenters. The standard InChI is InChI=1S/C11H14ClN5/c1-2-3-10-15-9(12)6-11(16-10)13-7-8-4-5-14-17-8/h4-6H,2-3,7H2,1H3,(H,14,17)(H,13,15,16). The summed E-state index contributed by atoms with van der Waals surface area (Å²) >= 11 is 5.94. The summed E-state index contributed by atoms with van der Waals surface area (Å²) in [6.07, 6.45) is 3.55. The van der Waals surface area contributed by atoms with Gasteiger partial charge in [0.15, 0.2) is 0 Å². The maximum absolute atomic E-state index is 5.94. The highest BCUT2D eigenvalue weighted by Gasteiger charge is 2.03. The fourth-order valence-electron chi connectivity index (χ4n) is 1.46. The second kappa shape index (κ2) is 5.63. The van der Waals surface area contributed by atoms with Crippen LogP contribution in [0.25, 0.3) is 0 Å². The zero-order valence-corrected chi connectivity index (χ0v) is 10.3. The van der Waals surface area contributed by atoms with Crippen LogP contribution in [0.4, 0.5) is 5.82 Å². The molecule has 5 nitrogen and oxygen atoms in total. The molecule has 0 aliphatic carbocycles. The monoisotopic (exact) mass is 251 g/mol. The Morgan fingerprint density at radius 2 is 2.29 bits per heavy atom. The van der Waals surface area contributed by atoms with Gasteiger partial charge in [0.2, 0.25) is 0 Å². The molecule has 0 saturated heterocycles. The zero-order chi connectivity index (χ0) is 12.1. The minimum absolute atomic E-state index is 0.468. The number of hydrogen-bond acceptors (Lipinski definition) is 4. The smallest absolute Gasteiger partial charge is 0.134 e. The van der Waals surface area contributed by atoms with E-state index in [1.54, 1.807) is 12.3 Å². The number of anilines is 1. The van der Waals surface area contributed by atoms with Gasteiger partial charge in [0.1, 0.15) is 16.8 Å². The van der Waals surface area contributed by atoms with Gasteiger partial charge < -0.3 is 5.32 Å². The van der Waals surface area contributed by atoms with E-state index >= 15 is 0 Å². The van der Waals surface area contributed by atoms with E-state index in [9.17, 15) is 0 Å². The Morgan fingerprint density at radius 3 is 3.00 bits per heavy atom. The molecule has 0 aromatic carbocycles. The molecule has 2 rings (SSSR count). The Kier molecular flexibility index (Phi) is 3.93. The van der Waals surface area contributed by atoms with Crippen molar-refractivity contribution in [2.24, 2.45) is 0 Å². The average Bonchev–Trinajstić information content (AvgIpc) is 2.79. The molecule has 2 N–H and O–H groups in total. The van der Waals surface area contributed by atoms with Crippen molar-refractivity contribution in [2.75, 3.05) is 5.32 Å². The minimum atomic E-state index is 0.468. The lowest BCUT2D eigenvalue weighted by Crippen LogP contribution is -2.05. The van der Waals surface area contributed by atoms with Crippen LogP contribution < -0.4 is 5.32 Å². The van der Waals surface area contributed by atoms with E-state index in [1.165, 1.54) is 0 Å². The van der Waals surface area contributed by atoms with Crippen LogP contribution in [0.2, 0.25) is 5.15 Å². The molecule has 0 radical (unpaired) electrons. The Labute approximate surface area is 105 Å². The van der Waals surface area contributed by atoms with Crippen LogP contribution in [0.1, 0.15) is 24.9 Å². The highest BCUT2D eigenvalue weighted by molar-refractivity contribution is 6.29. The summed E-state index contributed by atoms with van der Waals surface area (Å²) in [5, 5.41) is 10.4. The normalized spacial score (nSPS) is 10.5. The van der Waals surface area contributed by atoms with Gasteiger partial charge >= 0.3 is 0 Å². The van der Waals surface area contributed by atoms with Crippen LogP contribution in [-0.4, -0.2) is 20.2 Å². The van der Waals surface area contributed by atoms with E-state index in [0.29, 0.717) is 11.7 Å². The number of aromatic amines is 1. The molecule has 2 heterocycles. The molecule has 0 bridgehead atoms. The van der Waals surface area contributed by atoms with E-state index in [4.69, 9.17) is 11.6 Å². The number of aryl methyl sites for hydroxylation is 1. The maximum Gasteiger partial charge on any atom is 0.134 e. The molecule has 0 aliphatic rings. The second-order valence-corrected chi connectivity index (χ2v) is 4.06. The molecule has 6 heteroatoms. The van der Waals surface area contributed by atoms with Gasteiger partial charge in [-0.2, -0.15) is 5.10 Å². The fourth-order valence-corrected chi connectivity index (χ4v) is 1.66. The molecule has 0 aliphatic heterocycles. The lowest BCUT2D eigenvalue weighted by molar-refractivity contribution is 0.833. The largest absolute Gasteiger partial charge is 0.364 e. The number of hydrogen-bond donors (Lipinski definition) is 2. The van der Waals surface area contributed by atoms with Crippen LogP contribution in [0.5, 0.6) is 0 Å². The van der Waals surface area contributed by atoms with Crippen molar-refractivity contribution < 1.29 is 0 Å². The van der Waals surface area contributed by atoms with E-state index in [-0.39, 0.29) is 0 Å². The third-order valence-corrected chi connectivity index (χ3v) is 2.43. The Bertz CT molecular complexity index is 469. The van der Waals surface area contributed by atoms with Crippen LogP contribution >= 0.6 is 11.6 Å². The predicted octanol–water partition coefficient (Wildman–Crippen LogP) is 2.42. The lowest BCUT2D eigenvalue weighted by Gasteiger charge is -2.06. The molecule has 0 atom stereocenters. The molecule has 0 amide bonds. The number of halogens is 1. The first-order chi connectivity index (χ1) is 8.28. The van der Waals surface area contributed by atoms with Gasteiger partial charge in [0, 0.05) is 18.7 Å². The number of aromatic nitrogens is 4. The average molecular weight is 252 g/mol. The summed E-state index contributed by atoms with van der Waals surface area (Å²) in [6, 6.07) is 3.62. The summed E-state index contributed by atoms with van der Waals surface area (Å²) in [7, 11) is 0. The lowest BCUT2D eigenvalue weighted by atomic mass is 10.3. The SMILES string of the molecule is CCCc1nc(Cl)cc(NCc2ccn[nH]2)n1. The third-order valence-electron chi connectivity index (χ3n) is 2.23. The minimum Gasteiger partial charge on any atom is -0.364 e. The van der Waals surface area contributed by atoms with Gasteiger partial charge in [-0.25, -0.2) is 9.97 Å². The molecule has 0 spiro atoms. The maximum atomic E-state index is 5.94. The van der Waals surface area contributed by atoms with Gasteiger partial charge in [-0.1, -0.05) is 18.5 Å². The first kappa shape index (κ1) is 11.9. The molecule has 0 saturated carbocycles. The first-order valence-electron chi connectivity index (χ1n) is 5.53. The number of nitrogens with zero attached hydrogens (tertiary/aromatic N) is 3. The summed E-state index contributed by atoms with van der Waals surface area (Å²) in [5.41, 5.74) is 0.997. The quantitative estimate of drug-likeness (QED) is 0.801. The fraction of sp³-hybridized carbons (Fsp3) is 0.364. The molecule has 17 heavy (non-hydrogen) atoms. The highest BCUT2D eigenvalue weighted by atomic mass is 35.5.